The van der Waals surface area contributed by atoms with E-state index in [1.807, 2.05) is 0 Å². The molecule has 0 nitrogen and oxygen atoms in total. The van der Waals surface area contributed by atoms with Crippen LogP contribution in [0.2, 0.25) is 13.1 Å². The average molecular weight is 332 g/mol. The summed E-state index contributed by atoms with van der Waals surface area (Å²) in [6.07, 6.45) is 3.24. The molecule has 0 atom stereocenters. The summed E-state index contributed by atoms with van der Waals surface area (Å²) in [6.45, 7) is 20.7. The van der Waals surface area contributed by atoms with Crippen LogP contribution in [-0.4, -0.2) is 6.71 Å². The van der Waals surface area contributed by atoms with E-state index in [1.54, 1.807) is 0 Å². The lowest BCUT2D eigenvalue weighted by molar-refractivity contribution is 0.192. The van der Waals surface area contributed by atoms with Gasteiger partial charge in [-0.3, -0.25) is 0 Å². The Morgan fingerprint density at radius 3 is 2.12 bits per heavy atom. The molecule has 0 spiro atoms. The summed E-state index contributed by atoms with van der Waals surface area (Å²) in [6, 6.07) is 15.5. The van der Waals surface area contributed by atoms with E-state index in [1.165, 1.54) is 27.7 Å². The Morgan fingerprint density at radius 1 is 0.920 bits per heavy atom. The van der Waals surface area contributed by atoms with Crippen molar-refractivity contribution in [1.29, 1.82) is 0 Å². The van der Waals surface area contributed by atoms with Crippen molar-refractivity contribution in [2.45, 2.75) is 54.7 Å². The van der Waals surface area contributed by atoms with Crippen LogP contribution in [0.1, 0.15) is 38.8 Å². The molecule has 0 bridgehead atoms. The molecule has 0 N–H and O–H groups in total. The quantitative estimate of drug-likeness (QED) is 0.416. The van der Waals surface area contributed by atoms with Gasteiger partial charge in [0, 0.05) is 0 Å². The van der Waals surface area contributed by atoms with Crippen LogP contribution >= 0.6 is 0 Å². The molecule has 0 saturated heterocycles. The molecular formula is C24H33B. The predicted molar refractivity (Wildman–Crippen MR) is 115 cm³/mol. The summed E-state index contributed by atoms with van der Waals surface area (Å²) in [7, 11) is 0. The number of aryl methyl sites for hydroxylation is 2. The molecule has 0 aliphatic rings. The summed E-state index contributed by atoms with van der Waals surface area (Å²) in [5.74, 6) is 0. The van der Waals surface area contributed by atoms with Crippen molar-refractivity contribution >= 4 is 12.2 Å². The third-order valence-corrected chi connectivity index (χ3v) is 6.32. The Labute approximate surface area is 155 Å². The first kappa shape index (κ1) is 19.6. The van der Waals surface area contributed by atoms with Crippen molar-refractivity contribution in [2.75, 3.05) is 0 Å². The monoisotopic (exact) mass is 332 g/mol. The zero-order chi connectivity index (χ0) is 18.8. The Morgan fingerprint density at radius 2 is 1.52 bits per heavy atom. The van der Waals surface area contributed by atoms with E-state index in [9.17, 15) is 0 Å². The SMILES string of the molecule is C=CC(C)(C)C(C)(C)CB(C)c1cccc(C)c1-c1ccccc1C. The number of rotatable bonds is 6. The Bertz CT molecular complexity index is 752. The van der Waals surface area contributed by atoms with Crippen LogP contribution in [0.15, 0.2) is 55.1 Å². The highest BCUT2D eigenvalue weighted by molar-refractivity contribution is 6.73. The molecule has 0 radical (unpaired) electrons. The fourth-order valence-electron chi connectivity index (χ4n) is 3.74. The number of allylic oxidation sites excluding steroid dienone is 1. The number of benzene rings is 2. The third kappa shape index (κ3) is 3.92. The maximum atomic E-state index is 4.07. The Balaban J connectivity index is 2.49. The lowest BCUT2D eigenvalue weighted by Crippen LogP contribution is -2.39. The molecule has 2 aromatic rings. The molecule has 0 unspecified atom stereocenters. The van der Waals surface area contributed by atoms with E-state index in [0.29, 0.717) is 6.71 Å². The standard InChI is InChI=1S/C24H33B/c1-9-23(4,5)24(6,7)17-25(8)21-16-12-14-19(3)22(21)20-15-11-10-13-18(20)2/h9-16H,1,17H2,2-8H3. The van der Waals surface area contributed by atoms with Crippen LogP contribution in [0.4, 0.5) is 0 Å². The Kier molecular flexibility index (Phi) is 5.67. The molecule has 0 heterocycles. The van der Waals surface area contributed by atoms with Gasteiger partial charge in [0.05, 0.1) is 0 Å². The van der Waals surface area contributed by atoms with E-state index >= 15 is 0 Å². The van der Waals surface area contributed by atoms with Gasteiger partial charge >= 0.3 is 0 Å². The minimum atomic E-state index is 0.105. The summed E-state index contributed by atoms with van der Waals surface area (Å²) in [5, 5.41) is 0. The van der Waals surface area contributed by atoms with Crippen LogP contribution < -0.4 is 5.46 Å². The van der Waals surface area contributed by atoms with E-state index in [0.717, 1.165) is 6.32 Å². The van der Waals surface area contributed by atoms with Crippen LogP contribution in [-0.2, 0) is 0 Å². The van der Waals surface area contributed by atoms with Gasteiger partial charge in [0.1, 0.15) is 0 Å². The molecule has 0 aliphatic heterocycles. The highest BCUT2D eigenvalue weighted by atomic mass is 14.4. The molecule has 0 saturated carbocycles. The third-order valence-electron chi connectivity index (χ3n) is 6.32. The van der Waals surface area contributed by atoms with Gasteiger partial charge < -0.3 is 0 Å². The second-order valence-electron chi connectivity index (χ2n) is 8.77. The van der Waals surface area contributed by atoms with Crippen LogP contribution in [0, 0.1) is 24.7 Å². The molecular weight excluding hydrogens is 299 g/mol. The van der Waals surface area contributed by atoms with Gasteiger partial charge in [-0.25, -0.2) is 0 Å². The van der Waals surface area contributed by atoms with Gasteiger partial charge in [0.2, 0.25) is 0 Å². The first-order valence-electron chi connectivity index (χ1n) is 9.40. The van der Waals surface area contributed by atoms with Crippen molar-refractivity contribution in [3.8, 4) is 11.1 Å². The molecule has 0 aromatic heterocycles. The molecule has 0 aliphatic carbocycles. The second kappa shape index (κ2) is 7.24. The van der Waals surface area contributed by atoms with E-state index in [2.05, 4.69) is 103 Å². The molecule has 25 heavy (non-hydrogen) atoms. The largest absolute Gasteiger partial charge is 0.174 e. The van der Waals surface area contributed by atoms with Gasteiger partial charge in [0.25, 0.3) is 0 Å². The smallest absolute Gasteiger partial charge is 0.103 e. The topological polar surface area (TPSA) is 0 Å². The van der Waals surface area contributed by atoms with Crippen molar-refractivity contribution in [3.63, 3.8) is 0 Å². The maximum absolute atomic E-state index is 4.07. The molecule has 2 rings (SSSR count). The minimum absolute atomic E-state index is 0.105. The highest BCUT2D eigenvalue weighted by Crippen LogP contribution is 2.43. The lowest BCUT2D eigenvalue weighted by Gasteiger charge is -2.41. The van der Waals surface area contributed by atoms with Gasteiger partial charge in [0.15, 0.2) is 6.71 Å². The number of hydrogen-bond acceptors (Lipinski definition) is 0. The molecule has 0 amide bonds. The first-order chi connectivity index (χ1) is 11.6. The normalized spacial score (nSPS) is 12.1. The molecule has 132 valence electrons. The molecule has 2 aromatic carbocycles. The molecule has 0 fully saturated rings. The van der Waals surface area contributed by atoms with E-state index in [-0.39, 0.29) is 10.8 Å². The van der Waals surface area contributed by atoms with E-state index < -0.39 is 0 Å². The van der Waals surface area contributed by atoms with Crippen molar-refractivity contribution in [1.82, 2.24) is 0 Å². The lowest BCUT2D eigenvalue weighted by atomic mass is 9.37. The zero-order valence-corrected chi connectivity index (χ0v) is 17.1. The zero-order valence-electron chi connectivity index (χ0n) is 17.1. The van der Waals surface area contributed by atoms with Crippen molar-refractivity contribution in [3.05, 3.63) is 66.2 Å². The summed E-state index contributed by atoms with van der Waals surface area (Å²) in [4.78, 5) is 0. The highest BCUT2D eigenvalue weighted by Gasteiger charge is 2.37. The Hall–Kier alpha value is -1.76. The summed E-state index contributed by atoms with van der Waals surface area (Å²) < 4.78 is 0. The average Bonchev–Trinajstić information content (AvgIpc) is 2.55. The fourth-order valence-corrected chi connectivity index (χ4v) is 3.74. The first-order valence-corrected chi connectivity index (χ1v) is 9.40. The maximum Gasteiger partial charge on any atom is 0.174 e. The predicted octanol–water partition coefficient (Wildman–Crippen LogP) is 6.54. The number of hydrogen-bond donors (Lipinski definition) is 0. The summed E-state index contributed by atoms with van der Waals surface area (Å²) in [5.41, 5.74) is 7.23. The molecule has 1 heteroatoms. The van der Waals surface area contributed by atoms with Crippen LogP contribution in [0.5, 0.6) is 0 Å². The van der Waals surface area contributed by atoms with Gasteiger partial charge in [-0.15, -0.1) is 6.58 Å². The van der Waals surface area contributed by atoms with Crippen molar-refractivity contribution < 1.29 is 0 Å². The second-order valence-corrected chi connectivity index (χ2v) is 8.77. The van der Waals surface area contributed by atoms with Crippen molar-refractivity contribution in [2.24, 2.45) is 10.8 Å². The van der Waals surface area contributed by atoms with Gasteiger partial charge in [-0.2, -0.15) is 0 Å². The van der Waals surface area contributed by atoms with Gasteiger partial charge in [-0.1, -0.05) is 94.8 Å². The van der Waals surface area contributed by atoms with Crippen LogP contribution in [0.3, 0.4) is 0 Å². The summed E-state index contributed by atoms with van der Waals surface area (Å²) >= 11 is 0. The fraction of sp³-hybridized carbons (Fsp3) is 0.417. The van der Waals surface area contributed by atoms with Gasteiger partial charge in [-0.05, 0) is 46.9 Å². The minimum Gasteiger partial charge on any atom is -0.103 e. The van der Waals surface area contributed by atoms with Crippen LogP contribution in [0.25, 0.3) is 11.1 Å². The van der Waals surface area contributed by atoms with E-state index in [4.69, 9.17) is 0 Å².